The topological polar surface area (TPSA) is 56.0 Å². The highest BCUT2D eigenvalue weighted by molar-refractivity contribution is 7.19. The maximum absolute atomic E-state index is 4.64. The highest BCUT2D eigenvalue weighted by Gasteiger charge is 2.11. The van der Waals surface area contributed by atoms with Gasteiger partial charge < -0.3 is 0 Å². The van der Waals surface area contributed by atoms with Crippen molar-refractivity contribution in [3.63, 3.8) is 0 Å². The smallest absolute Gasteiger partial charge is 0.235 e. The molecule has 0 aliphatic carbocycles. The van der Waals surface area contributed by atoms with E-state index < -0.39 is 0 Å². The molecule has 0 aliphatic heterocycles. The van der Waals surface area contributed by atoms with Crippen molar-refractivity contribution >= 4 is 27.2 Å². The van der Waals surface area contributed by atoms with Crippen molar-refractivity contribution in [1.82, 2.24) is 24.8 Å². The Labute approximate surface area is 112 Å². The summed E-state index contributed by atoms with van der Waals surface area (Å²) in [5.74, 6) is 0.790. The maximum atomic E-state index is 4.64. The van der Waals surface area contributed by atoms with Crippen LogP contribution in [-0.4, -0.2) is 24.8 Å². The zero-order valence-electron chi connectivity index (χ0n) is 10.1. The lowest BCUT2D eigenvalue weighted by molar-refractivity contribution is 0.896. The monoisotopic (exact) mass is 267 g/mol. The number of pyridine rings is 1. The summed E-state index contributed by atoms with van der Waals surface area (Å²) in [7, 11) is 0. The van der Waals surface area contributed by atoms with Gasteiger partial charge >= 0.3 is 0 Å². The molecule has 1 aromatic carbocycles. The second kappa shape index (κ2) is 3.83. The van der Waals surface area contributed by atoms with Crippen LogP contribution in [0.1, 0.15) is 5.82 Å². The molecule has 0 spiro atoms. The van der Waals surface area contributed by atoms with Gasteiger partial charge in [0.05, 0.1) is 5.52 Å². The Hall–Kier alpha value is -2.34. The van der Waals surface area contributed by atoms with Gasteiger partial charge in [0.25, 0.3) is 0 Å². The van der Waals surface area contributed by atoms with E-state index in [1.165, 1.54) is 11.3 Å². The fourth-order valence-electron chi connectivity index (χ4n) is 2.00. The van der Waals surface area contributed by atoms with Crippen LogP contribution in [0.15, 0.2) is 36.4 Å². The van der Waals surface area contributed by atoms with Crippen molar-refractivity contribution in [2.24, 2.45) is 0 Å². The van der Waals surface area contributed by atoms with Gasteiger partial charge in [-0.3, -0.25) is 0 Å². The van der Waals surface area contributed by atoms with E-state index in [-0.39, 0.29) is 0 Å². The molecule has 0 unspecified atom stereocenters. The number of nitrogens with zero attached hydrogens (tertiary/aromatic N) is 5. The molecule has 6 heteroatoms. The van der Waals surface area contributed by atoms with Crippen LogP contribution in [0.5, 0.6) is 0 Å². The predicted molar refractivity (Wildman–Crippen MR) is 74.1 cm³/mol. The number of rotatable bonds is 1. The lowest BCUT2D eigenvalue weighted by Crippen LogP contribution is -1.90. The van der Waals surface area contributed by atoms with E-state index >= 15 is 0 Å². The maximum Gasteiger partial charge on any atom is 0.235 e. The van der Waals surface area contributed by atoms with Gasteiger partial charge in [0.1, 0.15) is 5.69 Å². The van der Waals surface area contributed by atoms with Crippen LogP contribution in [0.2, 0.25) is 0 Å². The molecule has 3 heterocycles. The minimum atomic E-state index is 0.790. The van der Waals surface area contributed by atoms with Crippen molar-refractivity contribution in [2.75, 3.05) is 0 Å². The average Bonchev–Trinajstić information content (AvgIpc) is 3.01. The first-order valence-corrected chi connectivity index (χ1v) is 6.68. The van der Waals surface area contributed by atoms with Crippen LogP contribution in [0.3, 0.4) is 0 Å². The SMILES string of the molecule is Cc1nnc2sc(-c3ccc4ccccc4n3)nn12. The van der Waals surface area contributed by atoms with Crippen LogP contribution < -0.4 is 0 Å². The molecule has 92 valence electrons. The first-order chi connectivity index (χ1) is 9.31. The summed E-state index contributed by atoms with van der Waals surface area (Å²) < 4.78 is 1.75. The number of para-hydroxylation sites is 1. The van der Waals surface area contributed by atoms with Gasteiger partial charge in [0.2, 0.25) is 4.96 Å². The summed E-state index contributed by atoms with van der Waals surface area (Å²) in [6.07, 6.45) is 0. The Kier molecular flexibility index (Phi) is 2.13. The summed E-state index contributed by atoms with van der Waals surface area (Å²) >= 11 is 1.50. The zero-order valence-corrected chi connectivity index (χ0v) is 10.9. The summed E-state index contributed by atoms with van der Waals surface area (Å²) in [5, 5.41) is 14.5. The van der Waals surface area contributed by atoms with Gasteiger partial charge in [-0.15, -0.1) is 10.2 Å². The zero-order chi connectivity index (χ0) is 12.8. The van der Waals surface area contributed by atoms with Gasteiger partial charge in [0.15, 0.2) is 10.8 Å². The van der Waals surface area contributed by atoms with Gasteiger partial charge in [-0.2, -0.15) is 9.61 Å². The van der Waals surface area contributed by atoms with Gasteiger partial charge in [-0.05, 0) is 19.1 Å². The molecule has 19 heavy (non-hydrogen) atoms. The van der Waals surface area contributed by atoms with Crippen molar-refractivity contribution < 1.29 is 0 Å². The number of aromatic nitrogens is 5. The lowest BCUT2D eigenvalue weighted by Gasteiger charge is -1.98. The van der Waals surface area contributed by atoms with Crippen LogP contribution in [-0.2, 0) is 0 Å². The molecule has 0 saturated heterocycles. The molecular weight excluding hydrogens is 258 g/mol. The third-order valence-electron chi connectivity index (χ3n) is 2.96. The molecule has 3 aromatic heterocycles. The number of benzene rings is 1. The molecule has 5 nitrogen and oxygen atoms in total. The van der Waals surface area contributed by atoms with E-state index in [9.17, 15) is 0 Å². The number of hydrogen-bond donors (Lipinski definition) is 0. The van der Waals surface area contributed by atoms with Crippen LogP contribution in [0.4, 0.5) is 0 Å². The van der Waals surface area contributed by atoms with Crippen molar-refractivity contribution in [3.05, 3.63) is 42.2 Å². The summed E-state index contributed by atoms with van der Waals surface area (Å²) in [4.78, 5) is 5.43. The molecule has 0 saturated carbocycles. The number of hydrogen-bond acceptors (Lipinski definition) is 5. The second-order valence-corrected chi connectivity index (χ2v) is 5.19. The van der Waals surface area contributed by atoms with Crippen LogP contribution >= 0.6 is 11.3 Å². The molecule has 4 rings (SSSR count). The van der Waals surface area contributed by atoms with E-state index in [0.29, 0.717) is 0 Å². The Morgan fingerprint density at radius 3 is 2.84 bits per heavy atom. The Bertz CT molecular complexity index is 892. The Morgan fingerprint density at radius 1 is 1.05 bits per heavy atom. The van der Waals surface area contributed by atoms with Crippen molar-refractivity contribution in [2.45, 2.75) is 6.92 Å². The predicted octanol–water partition coefficient (Wildman–Crippen LogP) is 2.71. The van der Waals surface area contributed by atoms with Crippen molar-refractivity contribution in [1.29, 1.82) is 0 Å². The summed E-state index contributed by atoms with van der Waals surface area (Å²) in [6, 6.07) is 12.1. The van der Waals surface area contributed by atoms with E-state index in [1.807, 2.05) is 31.2 Å². The third-order valence-corrected chi connectivity index (χ3v) is 3.89. The van der Waals surface area contributed by atoms with E-state index in [1.54, 1.807) is 4.52 Å². The molecule has 0 radical (unpaired) electrons. The molecule has 0 amide bonds. The highest BCUT2D eigenvalue weighted by Crippen LogP contribution is 2.25. The first-order valence-electron chi connectivity index (χ1n) is 5.86. The largest absolute Gasteiger partial charge is 0.245 e. The van der Waals surface area contributed by atoms with E-state index in [2.05, 4.69) is 32.4 Å². The molecule has 0 fully saturated rings. The Morgan fingerprint density at radius 2 is 1.95 bits per heavy atom. The summed E-state index contributed by atoms with van der Waals surface area (Å²) in [5.41, 5.74) is 1.84. The molecule has 0 aliphatic rings. The van der Waals surface area contributed by atoms with Gasteiger partial charge in [-0.1, -0.05) is 35.6 Å². The highest BCUT2D eigenvalue weighted by atomic mass is 32.1. The second-order valence-electron chi connectivity index (χ2n) is 4.24. The fraction of sp³-hybridized carbons (Fsp3) is 0.0769. The third kappa shape index (κ3) is 1.61. The van der Waals surface area contributed by atoms with Crippen molar-refractivity contribution in [3.8, 4) is 10.7 Å². The molecule has 0 N–H and O–H groups in total. The Balaban J connectivity index is 1.92. The molecule has 4 aromatic rings. The van der Waals surface area contributed by atoms with E-state index in [4.69, 9.17) is 0 Å². The minimum Gasteiger partial charge on any atom is -0.245 e. The number of aryl methyl sites for hydroxylation is 1. The quantitative estimate of drug-likeness (QED) is 0.532. The van der Waals surface area contributed by atoms with Gasteiger partial charge in [-0.25, -0.2) is 4.98 Å². The van der Waals surface area contributed by atoms with Gasteiger partial charge in [0, 0.05) is 5.39 Å². The molecular formula is C13H9N5S. The standard InChI is InChI=1S/C13H9N5S/c1-8-15-16-13-18(8)17-12(19-13)11-7-6-9-4-2-3-5-10(9)14-11/h2-7H,1H3. The normalized spacial score (nSPS) is 11.4. The van der Waals surface area contributed by atoms with Crippen LogP contribution in [0.25, 0.3) is 26.6 Å². The molecule has 0 atom stereocenters. The van der Waals surface area contributed by atoms with E-state index in [0.717, 1.165) is 32.4 Å². The minimum absolute atomic E-state index is 0.790. The first kappa shape index (κ1) is 10.6. The lowest BCUT2D eigenvalue weighted by atomic mass is 10.2. The fourth-order valence-corrected chi connectivity index (χ4v) is 2.86. The average molecular weight is 267 g/mol. The summed E-state index contributed by atoms with van der Waals surface area (Å²) in [6.45, 7) is 1.89. The molecule has 0 bridgehead atoms. The van der Waals surface area contributed by atoms with Crippen LogP contribution in [0, 0.1) is 6.92 Å². The number of fused-ring (bicyclic) bond motifs is 2.